The summed E-state index contributed by atoms with van der Waals surface area (Å²) in [4.78, 5) is 11.4. The lowest BCUT2D eigenvalue weighted by Gasteiger charge is -2.37. The standard InChI is InChI=1S/C14H18BrNO/c1-16-10-14(8-6-13(17)7-9-14)11-2-4-12(15)5-3-11/h2-5,16H,6-10H2,1H3. The Labute approximate surface area is 111 Å². The van der Waals surface area contributed by atoms with Crippen molar-refractivity contribution >= 4 is 21.7 Å². The zero-order valence-corrected chi connectivity index (χ0v) is 11.7. The molecule has 1 aromatic rings. The first-order valence-corrected chi connectivity index (χ1v) is 6.88. The van der Waals surface area contributed by atoms with Crippen LogP contribution in [0.1, 0.15) is 31.2 Å². The molecule has 0 amide bonds. The van der Waals surface area contributed by atoms with E-state index in [0.717, 1.165) is 36.7 Å². The van der Waals surface area contributed by atoms with Crippen LogP contribution in [0, 0.1) is 0 Å². The normalized spacial score (nSPS) is 19.3. The van der Waals surface area contributed by atoms with E-state index in [-0.39, 0.29) is 5.41 Å². The van der Waals surface area contributed by atoms with Gasteiger partial charge in [-0.05, 0) is 37.6 Å². The number of likely N-dealkylation sites (N-methyl/N-ethyl adjacent to an activating group) is 1. The Hall–Kier alpha value is -0.670. The number of hydrogen-bond acceptors (Lipinski definition) is 2. The molecule has 2 rings (SSSR count). The maximum atomic E-state index is 11.4. The highest BCUT2D eigenvalue weighted by Crippen LogP contribution is 2.38. The number of carbonyl (C=O) groups excluding carboxylic acids is 1. The van der Waals surface area contributed by atoms with Crippen LogP contribution in [0.25, 0.3) is 0 Å². The summed E-state index contributed by atoms with van der Waals surface area (Å²) in [6, 6.07) is 8.53. The van der Waals surface area contributed by atoms with Gasteiger partial charge in [-0.1, -0.05) is 28.1 Å². The van der Waals surface area contributed by atoms with E-state index in [1.165, 1.54) is 5.56 Å². The third kappa shape index (κ3) is 2.78. The molecule has 1 saturated carbocycles. The van der Waals surface area contributed by atoms with Gasteiger partial charge < -0.3 is 5.32 Å². The van der Waals surface area contributed by atoms with Gasteiger partial charge in [0.1, 0.15) is 5.78 Å². The van der Waals surface area contributed by atoms with Gasteiger partial charge in [-0.25, -0.2) is 0 Å². The molecule has 0 unspecified atom stereocenters. The number of rotatable bonds is 3. The monoisotopic (exact) mass is 295 g/mol. The van der Waals surface area contributed by atoms with E-state index in [2.05, 4.69) is 45.5 Å². The lowest BCUT2D eigenvalue weighted by atomic mass is 9.69. The third-order valence-electron chi connectivity index (χ3n) is 3.74. The minimum absolute atomic E-state index is 0.142. The van der Waals surface area contributed by atoms with Gasteiger partial charge in [0.2, 0.25) is 0 Å². The number of halogens is 1. The Bertz CT molecular complexity index is 389. The molecule has 0 aliphatic heterocycles. The third-order valence-corrected chi connectivity index (χ3v) is 4.27. The van der Waals surface area contributed by atoms with Gasteiger partial charge in [-0.15, -0.1) is 0 Å². The molecule has 0 heterocycles. The highest BCUT2D eigenvalue weighted by Gasteiger charge is 2.35. The van der Waals surface area contributed by atoms with Gasteiger partial charge in [-0.2, -0.15) is 0 Å². The van der Waals surface area contributed by atoms with Crippen molar-refractivity contribution in [3.8, 4) is 0 Å². The van der Waals surface area contributed by atoms with Crippen molar-refractivity contribution in [3.63, 3.8) is 0 Å². The lowest BCUT2D eigenvalue weighted by molar-refractivity contribution is -0.121. The highest BCUT2D eigenvalue weighted by atomic mass is 79.9. The van der Waals surface area contributed by atoms with Crippen LogP contribution in [0.5, 0.6) is 0 Å². The first-order valence-electron chi connectivity index (χ1n) is 6.09. The van der Waals surface area contributed by atoms with Crippen molar-refractivity contribution < 1.29 is 4.79 Å². The second-order valence-corrected chi connectivity index (χ2v) is 5.77. The molecule has 0 spiro atoms. The van der Waals surface area contributed by atoms with E-state index < -0.39 is 0 Å². The molecule has 1 fully saturated rings. The summed E-state index contributed by atoms with van der Waals surface area (Å²) in [5, 5.41) is 3.28. The van der Waals surface area contributed by atoms with Crippen LogP contribution in [0.4, 0.5) is 0 Å². The molecule has 3 heteroatoms. The molecule has 1 aliphatic carbocycles. The molecule has 0 bridgehead atoms. The fourth-order valence-electron chi connectivity index (χ4n) is 2.72. The van der Waals surface area contributed by atoms with Crippen LogP contribution >= 0.6 is 15.9 Å². The summed E-state index contributed by atoms with van der Waals surface area (Å²) in [6.45, 7) is 0.946. The second-order valence-electron chi connectivity index (χ2n) is 4.86. The summed E-state index contributed by atoms with van der Waals surface area (Å²) in [5.41, 5.74) is 1.49. The van der Waals surface area contributed by atoms with Crippen molar-refractivity contribution in [2.75, 3.05) is 13.6 Å². The van der Waals surface area contributed by atoms with E-state index in [4.69, 9.17) is 0 Å². The van der Waals surface area contributed by atoms with Crippen molar-refractivity contribution in [3.05, 3.63) is 34.3 Å². The molecule has 92 valence electrons. The molecule has 2 nitrogen and oxygen atoms in total. The SMILES string of the molecule is CNCC1(c2ccc(Br)cc2)CCC(=O)CC1. The highest BCUT2D eigenvalue weighted by molar-refractivity contribution is 9.10. The van der Waals surface area contributed by atoms with Crippen molar-refractivity contribution in [2.45, 2.75) is 31.1 Å². The average Bonchev–Trinajstić information content (AvgIpc) is 2.34. The molecule has 0 aromatic heterocycles. The number of hydrogen-bond donors (Lipinski definition) is 1. The number of carbonyl (C=O) groups is 1. The molecular weight excluding hydrogens is 278 g/mol. The molecule has 17 heavy (non-hydrogen) atoms. The predicted molar refractivity (Wildman–Crippen MR) is 73.2 cm³/mol. The molecule has 1 aromatic carbocycles. The van der Waals surface area contributed by atoms with Gasteiger partial charge in [0.25, 0.3) is 0 Å². The topological polar surface area (TPSA) is 29.1 Å². The first kappa shape index (κ1) is 12.8. The zero-order chi connectivity index (χ0) is 12.3. The Balaban J connectivity index is 2.27. The van der Waals surface area contributed by atoms with Crippen molar-refractivity contribution in [2.24, 2.45) is 0 Å². The van der Waals surface area contributed by atoms with E-state index in [1.54, 1.807) is 0 Å². The fraction of sp³-hybridized carbons (Fsp3) is 0.500. The quantitative estimate of drug-likeness (QED) is 0.929. The van der Waals surface area contributed by atoms with Crippen LogP contribution in [0.15, 0.2) is 28.7 Å². The number of nitrogens with one attached hydrogen (secondary N) is 1. The van der Waals surface area contributed by atoms with Gasteiger partial charge >= 0.3 is 0 Å². The molecule has 1 aliphatic rings. The largest absolute Gasteiger partial charge is 0.319 e. The van der Waals surface area contributed by atoms with Crippen LogP contribution < -0.4 is 5.32 Å². The number of Topliss-reactive ketones (excluding diaryl/α,β-unsaturated/α-hetero) is 1. The summed E-state index contributed by atoms with van der Waals surface area (Å²) in [7, 11) is 1.98. The van der Waals surface area contributed by atoms with E-state index in [9.17, 15) is 4.79 Å². The Morgan fingerprint density at radius 2 is 1.82 bits per heavy atom. The summed E-state index contributed by atoms with van der Waals surface area (Å²) in [6.07, 6.45) is 3.37. The first-order chi connectivity index (χ1) is 8.16. The van der Waals surface area contributed by atoms with Crippen molar-refractivity contribution in [1.29, 1.82) is 0 Å². The smallest absolute Gasteiger partial charge is 0.132 e. The molecule has 0 atom stereocenters. The minimum Gasteiger partial charge on any atom is -0.319 e. The Morgan fingerprint density at radius 1 is 1.24 bits per heavy atom. The van der Waals surface area contributed by atoms with Crippen LogP contribution in [0.2, 0.25) is 0 Å². The fourth-order valence-corrected chi connectivity index (χ4v) is 2.98. The molecule has 1 N–H and O–H groups in total. The maximum Gasteiger partial charge on any atom is 0.132 e. The van der Waals surface area contributed by atoms with Crippen molar-refractivity contribution in [1.82, 2.24) is 5.32 Å². The number of ketones is 1. The van der Waals surface area contributed by atoms with E-state index in [0.29, 0.717) is 5.78 Å². The summed E-state index contributed by atoms with van der Waals surface area (Å²) in [5.74, 6) is 0.411. The Kier molecular flexibility index (Phi) is 4.00. The predicted octanol–water partition coefficient (Wildman–Crippen LogP) is 3.05. The van der Waals surface area contributed by atoms with Crippen LogP contribution in [0.3, 0.4) is 0 Å². The molecular formula is C14H18BrNO. The second kappa shape index (κ2) is 5.32. The zero-order valence-electron chi connectivity index (χ0n) is 10.1. The van der Waals surface area contributed by atoms with Gasteiger partial charge in [0.05, 0.1) is 0 Å². The summed E-state index contributed by atoms with van der Waals surface area (Å²) < 4.78 is 1.10. The summed E-state index contributed by atoms with van der Waals surface area (Å²) >= 11 is 3.47. The number of benzene rings is 1. The van der Waals surface area contributed by atoms with Gasteiger partial charge in [0, 0.05) is 29.3 Å². The van der Waals surface area contributed by atoms with E-state index >= 15 is 0 Å². The molecule has 0 radical (unpaired) electrons. The maximum absolute atomic E-state index is 11.4. The van der Waals surface area contributed by atoms with Crippen LogP contribution in [-0.4, -0.2) is 19.4 Å². The minimum atomic E-state index is 0.142. The average molecular weight is 296 g/mol. The van der Waals surface area contributed by atoms with Gasteiger partial charge in [0.15, 0.2) is 0 Å². The van der Waals surface area contributed by atoms with Gasteiger partial charge in [-0.3, -0.25) is 4.79 Å². The molecule has 0 saturated heterocycles. The van der Waals surface area contributed by atoms with E-state index in [1.807, 2.05) is 7.05 Å². The lowest BCUT2D eigenvalue weighted by Crippen LogP contribution is -2.40. The Morgan fingerprint density at radius 3 is 2.35 bits per heavy atom. The van der Waals surface area contributed by atoms with Crippen LogP contribution in [-0.2, 0) is 10.2 Å².